The molecule has 1 N–H and O–H groups in total. The van der Waals surface area contributed by atoms with Gasteiger partial charge in [-0.05, 0) is 57.2 Å². The number of rotatable bonds is 10. The molecule has 0 saturated carbocycles. The Balaban J connectivity index is 1.30. The molecule has 3 aromatic carbocycles. The van der Waals surface area contributed by atoms with E-state index in [-0.39, 0.29) is 11.7 Å². The van der Waals surface area contributed by atoms with E-state index < -0.39 is 0 Å². The van der Waals surface area contributed by atoms with Gasteiger partial charge in [-0.25, -0.2) is 10.1 Å². The number of hydrazone groups is 1. The number of nitrogens with zero attached hydrogens (tertiary/aromatic N) is 6. The SMILES string of the molecule is CCOc1ccc(-n2c(SCC(=O)N/N=C/c3c(C)nn(-c4ccccc4)c3C)nnc2-c2ccccc2)cc1. The fourth-order valence-electron chi connectivity index (χ4n) is 4.22. The minimum Gasteiger partial charge on any atom is -0.494 e. The molecule has 0 spiro atoms. The molecule has 40 heavy (non-hydrogen) atoms. The van der Waals surface area contributed by atoms with Crippen LogP contribution in [0, 0.1) is 13.8 Å². The van der Waals surface area contributed by atoms with Crippen molar-refractivity contribution in [2.24, 2.45) is 5.10 Å². The van der Waals surface area contributed by atoms with Crippen LogP contribution in [0.4, 0.5) is 0 Å². The second kappa shape index (κ2) is 12.4. The van der Waals surface area contributed by atoms with Crippen molar-refractivity contribution in [1.82, 2.24) is 30.0 Å². The summed E-state index contributed by atoms with van der Waals surface area (Å²) in [6.45, 7) is 6.44. The predicted octanol–water partition coefficient (Wildman–Crippen LogP) is 5.38. The summed E-state index contributed by atoms with van der Waals surface area (Å²) in [4.78, 5) is 12.7. The third-order valence-corrected chi connectivity index (χ3v) is 7.06. The highest BCUT2D eigenvalue weighted by atomic mass is 32.2. The maximum absolute atomic E-state index is 12.7. The molecule has 0 aliphatic rings. The first-order valence-corrected chi connectivity index (χ1v) is 13.8. The number of ether oxygens (including phenoxy) is 1. The second-order valence-electron chi connectivity index (χ2n) is 8.85. The van der Waals surface area contributed by atoms with Gasteiger partial charge in [0.05, 0.1) is 35.6 Å². The summed E-state index contributed by atoms with van der Waals surface area (Å²) in [7, 11) is 0. The Morgan fingerprint density at radius 3 is 2.35 bits per heavy atom. The Morgan fingerprint density at radius 2 is 1.65 bits per heavy atom. The van der Waals surface area contributed by atoms with E-state index in [1.165, 1.54) is 11.8 Å². The fraction of sp³-hybridized carbons (Fsp3) is 0.167. The van der Waals surface area contributed by atoms with E-state index in [0.717, 1.165) is 39.6 Å². The molecule has 0 bridgehead atoms. The van der Waals surface area contributed by atoms with E-state index in [1.54, 1.807) is 6.21 Å². The molecule has 0 saturated heterocycles. The monoisotopic (exact) mass is 551 g/mol. The first-order chi connectivity index (χ1) is 19.5. The maximum Gasteiger partial charge on any atom is 0.250 e. The standard InChI is InChI=1S/C30H29N7O2S/c1-4-39-26-17-15-24(16-18-26)36-29(23-11-7-5-8-12-23)33-34-30(36)40-20-28(38)32-31-19-27-21(2)35-37(22(27)3)25-13-9-6-10-14-25/h5-19H,4,20H2,1-3H3,(H,32,38)/b31-19+. The number of para-hydroxylation sites is 1. The Kier molecular flexibility index (Phi) is 8.36. The van der Waals surface area contributed by atoms with Gasteiger partial charge in [0.2, 0.25) is 0 Å². The number of nitrogens with one attached hydrogen (secondary N) is 1. The van der Waals surface area contributed by atoms with Crippen LogP contribution in [0.3, 0.4) is 0 Å². The zero-order valence-electron chi connectivity index (χ0n) is 22.5. The molecule has 0 fully saturated rings. The van der Waals surface area contributed by atoms with Crippen LogP contribution < -0.4 is 10.2 Å². The summed E-state index contributed by atoms with van der Waals surface area (Å²) in [5.74, 6) is 1.33. The molecule has 9 nitrogen and oxygen atoms in total. The van der Waals surface area contributed by atoms with Crippen molar-refractivity contribution in [1.29, 1.82) is 0 Å². The zero-order valence-corrected chi connectivity index (χ0v) is 23.3. The lowest BCUT2D eigenvalue weighted by molar-refractivity contribution is -0.118. The highest BCUT2D eigenvalue weighted by molar-refractivity contribution is 7.99. The molecule has 5 rings (SSSR count). The largest absolute Gasteiger partial charge is 0.494 e. The predicted molar refractivity (Wildman–Crippen MR) is 157 cm³/mol. The van der Waals surface area contributed by atoms with Gasteiger partial charge in [-0.15, -0.1) is 10.2 Å². The molecule has 0 unspecified atom stereocenters. The van der Waals surface area contributed by atoms with E-state index in [4.69, 9.17) is 4.74 Å². The van der Waals surface area contributed by atoms with Gasteiger partial charge in [0.1, 0.15) is 5.75 Å². The summed E-state index contributed by atoms with van der Waals surface area (Å²) in [5.41, 5.74) is 8.01. The molecule has 5 aromatic rings. The average Bonchev–Trinajstić information content (AvgIpc) is 3.54. The number of aryl methyl sites for hydroxylation is 1. The van der Waals surface area contributed by atoms with Gasteiger partial charge < -0.3 is 4.74 Å². The number of amides is 1. The van der Waals surface area contributed by atoms with Crippen molar-refractivity contribution in [3.8, 4) is 28.5 Å². The third kappa shape index (κ3) is 5.97. The lowest BCUT2D eigenvalue weighted by atomic mass is 10.2. The third-order valence-electron chi connectivity index (χ3n) is 6.13. The van der Waals surface area contributed by atoms with E-state index in [1.807, 2.05) is 115 Å². The Bertz CT molecular complexity index is 1610. The van der Waals surface area contributed by atoms with E-state index >= 15 is 0 Å². The van der Waals surface area contributed by atoms with Crippen LogP contribution in [0.5, 0.6) is 5.75 Å². The summed E-state index contributed by atoms with van der Waals surface area (Å²) < 4.78 is 9.40. The van der Waals surface area contributed by atoms with Crippen molar-refractivity contribution >= 4 is 23.9 Å². The van der Waals surface area contributed by atoms with Gasteiger partial charge in [-0.1, -0.05) is 60.3 Å². The first-order valence-electron chi connectivity index (χ1n) is 12.9. The molecule has 1 amide bonds. The molecule has 0 aliphatic heterocycles. The summed E-state index contributed by atoms with van der Waals surface area (Å²) in [6, 6.07) is 27.5. The van der Waals surface area contributed by atoms with Crippen LogP contribution in [-0.2, 0) is 4.79 Å². The molecular weight excluding hydrogens is 522 g/mol. The number of carbonyl (C=O) groups is 1. The van der Waals surface area contributed by atoms with Crippen LogP contribution in [0.1, 0.15) is 23.9 Å². The molecule has 2 aromatic heterocycles. The van der Waals surface area contributed by atoms with Crippen molar-refractivity contribution in [3.05, 3.63) is 102 Å². The number of aromatic nitrogens is 5. The summed E-state index contributed by atoms with van der Waals surface area (Å²) in [5, 5.41) is 18.2. The van der Waals surface area contributed by atoms with Crippen molar-refractivity contribution in [3.63, 3.8) is 0 Å². The van der Waals surface area contributed by atoms with E-state index in [0.29, 0.717) is 17.6 Å². The van der Waals surface area contributed by atoms with Crippen molar-refractivity contribution < 1.29 is 9.53 Å². The van der Waals surface area contributed by atoms with Crippen LogP contribution in [0.25, 0.3) is 22.8 Å². The zero-order chi connectivity index (χ0) is 27.9. The second-order valence-corrected chi connectivity index (χ2v) is 9.79. The van der Waals surface area contributed by atoms with Crippen LogP contribution in [-0.4, -0.2) is 49.0 Å². The highest BCUT2D eigenvalue weighted by Gasteiger charge is 2.17. The van der Waals surface area contributed by atoms with Gasteiger partial charge in [0.15, 0.2) is 11.0 Å². The minimum absolute atomic E-state index is 0.114. The van der Waals surface area contributed by atoms with Crippen LogP contribution >= 0.6 is 11.8 Å². The molecular formula is C30H29N7O2S. The number of carbonyl (C=O) groups excluding carboxylic acids is 1. The van der Waals surface area contributed by atoms with Crippen LogP contribution in [0.2, 0.25) is 0 Å². The van der Waals surface area contributed by atoms with E-state index in [9.17, 15) is 4.79 Å². The minimum atomic E-state index is -0.255. The topological polar surface area (TPSA) is 99.2 Å². The number of thioether (sulfide) groups is 1. The molecule has 202 valence electrons. The lowest BCUT2D eigenvalue weighted by Crippen LogP contribution is -2.20. The number of hydrogen-bond donors (Lipinski definition) is 1. The normalized spacial score (nSPS) is 11.2. The van der Waals surface area contributed by atoms with Crippen molar-refractivity contribution in [2.45, 2.75) is 25.9 Å². The molecule has 10 heteroatoms. The molecule has 0 atom stereocenters. The van der Waals surface area contributed by atoms with Gasteiger partial charge in [-0.3, -0.25) is 9.36 Å². The molecule has 0 radical (unpaired) electrons. The number of benzene rings is 3. The Labute approximate surface area is 236 Å². The van der Waals surface area contributed by atoms with Crippen LogP contribution in [0.15, 0.2) is 95.2 Å². The van der Waals surface area contributed by atoms with Crippen molar-refractivity contribution in [2.75, 3.05) is 12.4 Å². The quantitative estimate of drug-likeness (QED) is 0.142. The average molecular weight is 552 g/mol. The van der Waals surface area contributed by atoms with Gasteiger partial charge in [0.25, 0.3) is 5.91 Å². The molecule has 2 heterocycles. The fourth-order valence-corrected chi connectivity index (χ4v) is 4.97. The lowest BCUT2D eigenvalue weighted by Gasteiger charge is -2.11. The smallest absolute Gasteiger partial charge is 0.250 e. The summed E-state index contributed by atoms with van der Waals surface area (Å²) in [6.07, 6.45) is 1.63. The Morgan fingerprint density at radius 1 is 0.950 bits per heavy atom. The van der Waals surface area contributed by atoms with Gasteiger partial charge in [-0.2, -0.15) is 10.2 Å². The number of hydrogen-bond acceptors (Lipinski definition) is 7. The van der Waals surface area contributed by atoms with E-state index in [2.05, 4.69) is 25.8 Å². The maximum atomic E-state index is 12.7. The first kappa shape index (κ1) is 26.9. The highest BCUT2D eigenvalue weighted by Crippen LogP contribution is 2.29. The van der Waals surface area contributed by atoms with Gasteiger partial charge >= 0.3 is 0 Å². The molecule has 0 aliphatic carbocycles. The van der Waals surface area contributed by atoms with Gasteiger partial charge in [0, 0.05) is 16.8 Å². The Hall–Kier alpha value is -4.70. The summed E-state index contributed by atoms with van der Waals surface area (Å²) >= 11 is 1.29.